The van der Waals surface area contributed by atoms with Crippen LogP contribution in [0.4, 0.5) is 4.79 Å². The first-order valence-electron chi connectivity index (χ1n) is 5.55. The molecule has 2 saturated heterocycles. The van der Waals surface area contributed by atoms with Crippen LogP contribution in [0.2, 0.25) is 0 Å². The molecule has 1 unspecified atom stereocenters. The number of carbonyl (C=O) groups is 3. The minimum Gasteiger partial charge on any atom is -0.340 e. The lowest BCUT2D eigenvalue weighted by Crippen LogP contribution is -2.59. The number of nitrogens with zero attached hydrogens (tertiary/aromatic N) is 1. The minimum atomic E-state index is -0.933. The number of amides is 4. The number of alkyl halides is 1. The lowest BCUT2D eigenvalue weighted by Gasteiger charge is -2.38. The van der Waals surface area contributed by atoms with Crippen molar-refractivity contribution in [2.75, 3.05) is 19.0 Å². The van der Waals surface area contributed by atoms with Gasteiger partial charge in [-0.05, 0) is 12.8 Å². The van der Waals surface area contributed by atoms with Crippen molar-refractivity contribution in [1.29, 1.82) is 0 Å². The molecule has 2 aliphatic heterocycles. The predicted molar refractivity (Wildman–Crippen MR) is 60.6 cm³/mol. The summed E-state index contributed by atoms with van der Waals surface area (Å²) in [7, 11) is 0. The van der Waals surface area contributed by atoms with Gasteiger partial charge < -0.3 is 10.2 Å². The maximum Gasteiger partial charge on any atom is 0.322 e. The highest BCUT2D eigenvalue weighted by Crippen LogP contribution is 2.24. The first kappa shape index (κ1) is 12.2. The van der Waals surface area contributed by atoms with E-state index in [1.54, 1.807) is 4.90 Å². The summed E-state index contributed by atoms with van der Waals surface area (Å²) < 4.78 is 0. The van der Waals surface area contributed by atoms with Crippen LogP contribution in [0.3, 0.4) is 0 Å². The lowest BCUT2D eigenvalue weighted by atomic mass is 9.89. The average molecular weight is 260 g/mol. The fraction of sp³-hybridized carbons (Fsp3) is 0.700. The van der Waals surface area contributed by atoms with Gasteiger partial charge >= 0.3 is 6.03 Å². The molecule has 2 aliphatic rings. The second-order valence-electron chi connectivity index (χ2n) is 4.35. The van der Waals surface area contributed by atoms with Crippen LogP contribution >= 0.6 is 11.6 Å². The quantitative estimate of drug-likeness (QED) is 0.533. The first-order valence-corrected chi connectivity index (χ1v) is 6.08. The van der Waals surface area contributed by atoms with E-state index >= 15 is 0 Å². The molecule has 94 valence electrons. The third-order valence-corrected chi connectivity index (χ3v) is 3.36. The number of urea groups is 1. The van der Waals surface area contributed by atoms with Crippen molar-refractivity contribution in [3.05, 3.63) is 0 Å². The van der Waals surface area contributed by atoms with Gasteiger partial charge in [-0.1, -0.05) is 0 Å². The van der Waals surface area contributed by atoms with E-state index in [-0.39, 0.29) is 30.7 Å². The topological polar surface area (TPSA) is 78.5 Å². The van der Waals surface area contributed by atoms with E-state index in [0.29, 0.717) is 19.4 Å². The number of piperidine rings is 1. The summed E-state index contributed by atoms with van der Waals surface area (Å²) in [6.07, 6.45) is 1.52. The third-order valence-electron chi connectivity index (χ3n) is 3.17. The lowest BCUT2D eigenvalue weighted by molar-refractivity contribution is -0.135. The molecule has 0 bridgehead atoms. The molecule has 2 heterocycles. The smallest absolute Gasteiger partial charge is 0.322 e. The van der Waals surface area contributed by atoms with Gasteiger partial charge in [0.1, 0.15) is 5.54 Å². The molecular formula is C10H14ClN3O3. The van der Waals surface area contributed by atoms with Gasteiger partial charge in [0.15, 0.2) is 0 Å². The van der Waals surface area contributed by atoms with E-state index in [9.17, 15) is 14.4 Å². The van der Waals surface area contributed by atoms with Crippen LogP contribution < -0.4 is 10.6 Å². The van der Waals surface area contributed by atoms with Gasteiger partial charge in [-0.25, -0.2) is 4.79 Å². The summed E-state index contributed by atoms with van der Waals surface area (Å²) >= 11 is 5.52. The molecule has 6 nitrogen and oxygen atoms in total. The number of imide groups is 1. The zero-order chi connectivity index (χ0) is 12.5. The second-order valence-corrected chi connectivity index (χ2v) is 4.73. The van der Waals surface area contributed by atoms with E-state index in [2.05, 4.69) is 10.6 Å². The van der Waals surface area contributed by atoms with Crippen LogP contribution in [-0.2, 0) is 9.59 Å². The Morgan fingerprint density at radius 1 is 1.47 bits per heavy atom. The maximum atomic E-state index is 11.7. The standard InChI is InChI=1S/C10H14ClN3O3/c11-4-2-7(15)14-5-1-3-10(6-14)8(16)12-9(17)13-10/h1-6H2,(H2,12,13,16,17). The Labute approximate surface area is 104 Å². The number of nitrogens with one attached hydrogen (secondary N) is 2. The van der Waals surface area contributed by atoms with Gasteiger partial charge in [0.25, 0.3) is 5.91 Å². The van der Waals surface area contributed by atoms with Gasteiger partial charge in [-0.3, -0.25) is 14.9 Å². The zero-order valence-electron chi connectivity index (χ0n) is 9.29. The molecule has 7 heteroatoms. The molecule has 0 saturated carbocycles. The van der Waals surface area contributed by atoms with Crippen molar-refractivity contribution in [3.63, 3.8) is 0 Å². The molecule has 1 spiro atoms. The van der Waals surface area contributed by atoms with E-state index in [1.165, 1.54) is 0 Å². The van der Waals surface area contributed by atoms with Crippen LogP contribution in [0.5, 0.6) is 0 Å². The first-order chi connectivity index (χ1) is 8.07. The fourth-order valence-electron chi connectivity index (χ4n) is 2.32. The number of rotatable bonds is 2. The van der Waals surface area contributed by atoms with E-state index in [4.69, 9.17) is 11.6 Å². The van der Waals surface area contributed by atoms with Gasteiger partial charge in [0.2, 0.25) is 5.91 Å². The Kier molecular flexibility index (Phi) is 3.24. The number of carbonyl (C=O) groups excluding carboxylic acids is 3. The Morgan fingerprint density at radius 3 is 2.82 bits per heavy atom. The highest BCUT2D eigenvalue weighted by molar-refractivity contribution is 6.18. The predicted octanol–water partition coefficient (Wildman–Crippen LogP) is -0.184. The summed E-state index contributed by atoms with van der Waals surface area (Å²) in [5.74, 6) is -0.153. The van der Waals surface area contributed by atoms with Crippen LogP contribution in [-0.4, -0.2) is 47.3 Å². The summed E-state index contributed by atoms with van der Waals surface area (Å²) in [5, 5.41) is 4.84. The van der Waals surface area contributed by atoms with Crippen LogP contribution in [0.15, 0.2) is 0 Å². The number of hydrogen-bond donors (Lipinski definition) is 2. The van der Waals surface area contributed by atoms with Crippen molar-refractivity contribution in [1.82, 2.24) is 15.5 Å². The Hall–Kier alpha value is -1.30. The zero-order valence-corrected chi connectivity index (χ0v) is 10.0. The molecule has 0 aliphatic carbocycles. The summed E-state index contributed by atoms with van der Waals surface area (Å²) in [6, 6.07) is -0.485. The van der Waals surface area contributed by atoms with E-state index in [1.807, 2.05) is 0 Å². The van der Waals surface area contributed by atoms with Gasteiger partial charge in [-0.2, -0.15) is 0 Å². The molecule has 0 radical (unpaired) electrons. The number of likely N-dealkylation sites (tertiary alicyclic amines) is 1. The highest BCUT2D eigenvalue weighted by Gasteiger charge is 2.49. The molecule has 2 N–H and O–H groups in total. The molecule has 1 atom stereocenters. The van der Waals surface area contributed by atoms with Gasteiger partial charge in [0, 0.05) is 18.8 Å². The highest BCUT2D eigenvalue weighted by atomic mass is 35.5. The molecular weight excluding hydrogens is 246 g/mol. The van der Waals surface area contributed by atoms with E-state index in [0.717, 1.165) is 0 Å². The molecule has 0 aromatic rings. The largest absolute Gasteiger partial charge is 0.340 e. The minimum absolute atomic E-state index is 0.0759. The Morgan fingerprint density at radius 2 is 2.24 bits per heavy atom. The molecule has 2 fully saturated rings. The second kappa shape index (κ2) is 4.52. The molecule has 0 aromatic heterocycles. The van der Waals surface area contributed by atoms with Crippen molar-refractivity contribution in [2.24, 2.45) is 0 Å². The molecule has 0 aromatic carbocycles. The normalized spacial score (nSPS) is 28.2. The van der Waals surface area contributed by atoms with Crippen molar-refractivity contribution in [3.8, 4) is 0 Å². The van der Waals surface area contributed by atoms with Gasteiger partial charge in [-0.15, -0.1) is 11.6 Å². The van der Waals surface area contributed by atoms with E-state index < -0.39 is 11.6 Å². The summed E-state index contributed by atoms with van der Waals surface area (Å²) in [4.78, 5) is 36.2. The SMILES string of the molecule is O=C1NC(=O)C2(CCCN(C(=O)CCCl)C2)N1. The monoisotopic (exact) mass is 259 g/mol. The number of halogens is 1. The van der Waals surface area contributed by atoms with Crippen molar-refractivity contribution < 1.29 is 14.4 Å². The average Bonchev–Trinajstić information content (AvgIpc) is 2.54. The fourth-order valence-corrected chi connectivity index (χ4v) is 2.48. The van der Waals surface area contributed by atoms with Crippen LogP contribution in [0.1, 0.15) is 19.3 Å². The third kappa shape index (κ3) is 2.22. The Balaban J connectivity index is 2.09. The number of hydrogen-bond acceptors (Lipinski definition) is 3. The van der Waals surface area contributed by atoms with Crippen molar-refractivity contribution in [2.45, 2.75) is 24.8 Å². The molecule has 2 rings (SSSR count). The van der Waals surface area contributed by atoms with Crippen molar-refractivity contribution >= 4 is 29.4 Å². The van der Waals surface area contributed by atoms with Crippen LogP contribution in [0.25, 0.3) is 0 Å². The Bertz CT molecular complexity index is 374. The van der Waals surface area contributed by atoms with Crippen LogP contribution in [0, 0.1) is 0 Å². The summed E-state index contributed by atoms with van der Waals surface area (Å²) in [6.45, 7) is 0.848. The molecule has 17 heavy (non-hydrogen) atoms. The molecule has 4 amide bonds. The summed E-state index contributed by atoms with van der Waals surface area (Å²) in [5.41, 5.74) is -0.933. The maximum absolute atomic E-state index is 11.7. The van der Waals surface area contributed by atoms with Gasteiger partial charge in [0.05, 0.1) is 6.54 Å².